The molecule has 1 aromatic carbocycles. The predicted octanol–water partition coefficient (Wildman–Crippen LogP) is 2.71. The smallest absolute Gasteiger partial charge is 0.222 e. The van der Waals surface area contributed by atoms with E-state index in [1.54, 1.807) is 6.26 Å². The molecule has 0 atom stereocenters. The van der Waals surface area contributed by atoms with Crippen molar-refractivity contribution in [3.05, 3.63) is 36.1 Å². The van der Waals surface area contributed by atoms with Crippen molar-refractivity contribution >= 4 is 16.9 Å². The first-order valence-electron chi connectivity index (χ1n) is 5.41. The molecule has 3 heteroatoms. The van der Waals surface area contributed by atoms with Gasteiger partial charge in [-0.05, 0) is 6.07 Å². The number of para-hydroxylation sites is 1. The van der Waals surface area contributed by atoms with Gasteiger partial charge < -0.3 is 9.73 Å². The number of benzene rings is 1. The van der Waals surface area contributed by atoms with Crippen LogP contribution in [0.3, 0.4) is 0 Å². The number of carbonyl (C=O) groups excluding carboxylic acids is 1. The van der Waals surface area contributed by atoms with Gasteiger partial charge in [-0.3, -0.25) is 4.79 Å². The molecular formula is C13H15NO2. The molecule has 0 saturated heterocycles. The van der Waals surface area contributed by atoms with Crippen LogP contribution in [0, 0.1) is 5.92 Å². The van der Waals surface area contributed by atoms with Gasteiger partial charge in [-0.25, -0.2) is 0 Å². The number of hydrogen-bond acceptors (Lipinski definition) is 2. The quantitative estimate of drug-likeness (QED) is 0.858. The van der Waals surface area contributed by atoms with Crippen molar-refractivity contribution in [3.63, 3.8) is 0 Å². The average molecular weight is 217 g/mol. The number of fused-ring (bicyclic) bond motifs is 1. The van der Waals surface area contributed by atoms with E-state index in [2.05, 4.69) is 5.32 Å². The fourth-order valence-corrected chi connectivity index (χ4v) is 1.56. The van der Waals surface area contributed by atoms with Crippen LogP contribution in [0.2, 0.25) is 0 Å². The molecule has 3 nitrogen and oxygen atoms in total. The molecule has 1 amide bonds. The molecule has 0 unspecified atom stereocenters. The summed E-state index contributed by atoms with van der Waals surface area (Å²) in [4.78, 5) is 11.4. The fraction of sp³-hybridized carbons (Fsp3) is 0.308. The van der Waals surface area contributed by atoms with Crippen molar-refractivity contribution in [2.24, 2.45) is 5.92 Å². The Balaban J connectivity index is 2.13. The van der Waals surface area contributed by atoms with Crippen LogP contribution in [0.1, 0.15) is 19.4 Å². The molecule has 0 aliphatic heterocycles. The van der Waals surface area contributed by atoms with Crippen molar-refractivity contribution in [1.82, 2.24) is 5.32 Å². The lowest BCUT2D eigenvalue weighted by Crippen LogP contribution is -2.26. The van der Waals surface area contributed by atoms with Crippen molar-refractivity contribution in [1.29, 1.82) is 0 Å². The van der Waals surface area contributed by atoms with Gasteiger partial charge in [0.2, 0.25) is 5.91 Å². The molecule has 2 rings (SSSR count). The van der Waals surface area contributed by atoms with Gasteiger partial charge in [-0.15, -0.1) is 0 Å². The van der Waals surface area contributed by atoms with Crippen molar-refractivity contribution in [2.75, 3.05) is 0 Å². The van der Waals surface area contributed by atoms with E-state index in [1.807, 2.05) is 38.1 Å². The predicted molar refractivity (Wildman–Crippen MR) is 62.9 cm³/mol. The summed E-state index contributed by atoms with van der Waals surface area (Å²) in [6, 6.07) is 7.81. The molecule has 0 aliphatic rings. The Morgan fingerprint density at radius 3 is 2.88 bits per heavy atom. The van der Waals surface area contributed by atoms with Gasteiger partial charge in [0.05, 0.1) is 6.26 Å². The average Bonchev–Trinajstić information content (AvgIpc) is 2.69. The second-order valence-corrected chi connectivity index (χ2v) is 4.13. The van der Waals surface area contributed by atoms with E-state index in [9.17, 15) is 4.79 Å². The lowest BCUT2D eigenvalue weighted by molar-refractivity contribution is -0.124. The van der Waals surface area contributed by atoms with Crippen molar-refractivity contribution in [2.45, 2.75) is 20.4 Å². The molecule has 0 spiro atoms. The van der Waals surface area contributed by atoms with E-state index in [4.69, 9.17) is 4.42 Å². The summed E-state index contributed by atoms with van der Waals surface area (Å²) in [5.74, 6) is 0.0726. The maximum Gasteiger partial charge on any atom is 0.222 e. The molecule has 1 heterocycles. The minimum absolute atomic E-state index is 0.0122. The second-order valence-electron chi connectivity index (χ2n) is 4.13. The number of rotatable bonds is 3. The topological polar surface area (TPSA) is 42.2 Å². The molecule has 0 saturated carbocycles. The highest BCUT2D eigenvalue weighted by Gasteiger charge is 2.09. The van der Waals surface area contributed by atoms with Gasteiger partial charge in [0.25, 0.3) is 0 Å². The maximum absolute atomic E-state index is 11.4. The molecule has 16 heavy (non-hydrogen) atoms. The second kappa shape index (κ2) is 4.39. The third-order valence-electron chi connectivity index (χ3n) is 2.54. The summed E-state index contributed by atoms with van der Waals surface area (Å²) in [7, 11) is 0. The Kier molecular flexibility index (Phi) is 2.95. The third kappa shape index (κ3) is 2.08. The molecule has 0 fully saturated rings. The van der Waals surface area contributed by atoms with Gasteiger partial charge in [-0.1, -0.05) is 32.0 Å². The highest BCUT2D eigenvalue weighted by atomic mass is 16.3. The summed E-state index contributed by atoms with van der Waals surface area (Å²) >= 11 is 0. The zero-order valence-electron chi connectivity index (χ0n) is 9.49. The van der Waals surface area contributed by atoms with Crippen LogP contribution < -0.4 is 5.32 Å². The lowest BCUT2D eigenvalue weighted by Gasteiger charge is -2.05. The number of nitrogens with one attached hydrogen (secondary N) is 1. The van der Waals surface area contributed by atoms with Gasteiger partial charge >= 0.3 is 0 Å². The van der Waals surface area contributed by atoms with Crippen LogP contribution >= 0.6 is 0 Å². The highest BCUT2D eigenvalue weighted by molar-refractivity contribution is 5.82. The fourth-order valence-electron chi connectivity index (χ4n) is 1.56. The standard InChI is InChI=1S/C13H15NO2/c1-9(2)13(15)14-7-10-8-16-12-6-4-3-5-11(10)12/h3-6,8-9H,7H2,1-2H3,(H,14,15). The zero-order chi connectivity index (χ0) is 11.5. The summed E-state index contributed by atoms with van der Waals surface area (Å²) < 4.78 is 5.39. The molecule has 1 aromatic heterocycles. The molecule has 2 aromatic rings. The van der Waals surface area contributed by atoms with E-state index in [0.717, 1.165) is 16.5 Å². The van der Waals surface area contributed by atoms with E-state index in [-0.39, 0.29) is 11.8 Å². The van der Waals surface area contributed by atoms with Crippen LogP contribution in [0.15, 0.2) is 34.9 Å². The number of hydrogen-bond donors (Lipinski definition) is 1. The van der Waals surface area contributed by atoms with Gasteiger partial charge in [0, 0.05) is 23.4 Å². The van der Waals surface area contributed by atoms with E-state index >= 15 is 0 Å². The Labute approximate surface area is 94.4 Å². The Bertz CT molecular complexity index is 499. The lowest BCUT2D eigenvalue weighted by atomic mass is 10.1. The summed E-state index contributed by atoms with van der Waals surface area (Å²) in [6.07, 6.45) is 1.70. The van der Waals surface area contributed by atoms with Gasteiger partial charge in [-0.2, -0.15) is 0 Å². The minimum Gasteiger partial charge on any atom is -0.464 e. The first-order chi connectivity index (χ1) is 7.68. The first-order valence-corrected chi connectivity index (χ1v) is 5.41. The highest BCUT2D eigenvalue weighted by Crippen LogP contribution is 2.20. The summed E-state index contributed by atoms with van der Waals surface area (Å²) in [5.41, 5.74) is 1.88. The van der Waals surface area contributed by atoms with E-state index < -0.39 is 0 Å². The van der Waals surface area contributed by atoms with E-state index in [0.29, 0.717) is 6.54 Å². The van der Waals surface area contributed by atoms with Crippen molar-refractivity contribution < 1.29 is 9.21 Å². The largest absolute Gasteiger partial charge is 0.464 e. The van der Waals surface area contributed by atoms with Crippen LogP contribution in [-0.4, -0.2) is 5.91 Å². The van der Waals surface area contributed by atoms with Crippen molar-refractivity contribution in [3.8, 4) is 0 Å². The van der Waals surface area contributed by atoms with Gasteiger partial charge in [0.15, 0.2) is 0 Å². The zero-order valence-corrected chi connectivity index (χ0v) is 9.49. The van der Waals surface area contributed by atoms with Crippen LogP contribution in [0.4, 0.5) is 0 Å². The molecule has 84 valence electrons. The third-order valence-corrected chi connectivity index (χ3v) is 2.54. The Morgan fingerprint density at radius 2 is 2.12 bits per heavy atom. The van der Waals surface area contributed by atoms with Gasteiger partial charge in [0.1, 0.15) is 5.58 Å². The summed E-state index contributed by atoms with van der Waals surface area (Å²) in [5, 5.41) is 3.94. The number of amides is 1. The number of carbonyl (C=O) groups is 1. The van der Waals surface area contributed by atoms with Crippen LogP contribution in [-0.2, 0) is 11.3 Å². The monoisotopic (exact) mass is 217 g/mol. The van der Waals surface area contributed by atoms with Crippen LogP contribution in [0.5, 0.6) is 0 Å². The normalized spacial score (nSPS) is 10.9. The molecular weight excluding hydrogens is 202 g/mol. The first kappa shape index (κ1) is 10.7. The number of furan rings is 1. The Hall–Kier alpha value is -1.77. The molecule has 0 bridgehead atoms. The SMILES string of the molecule is CC(C)C(=O)NCc1coc2ccccc12. The molecule has 0 radical (unpaired) electrons. The van der Waals surface area contributed by atoms with E-state index in [1.165, 1.54) is 0 Å². The molecule has 0 aliphatic carbocycles. The maximum atomic E-state index is 11.4. The van der Waals surface area contributed by atoms with Crippen LogP contribution in [0.25, 0.3) is 11.0 Å². The summed E-state index contributed by atoms with van der Waals surface area (Å²) in [6.45, 7) is 4.28. The Morgan fingerprint density at radius 1 is 1.38 bits per heavy atom. The minimum atomic E-state index is 0.0122. The molecule has 1 N–H and O–H groups in total.